The van der Waals surface area contributed by atoms with Crippen LogP contribution in [0.1, 0.15) is 18.1 Å². The Hall–Kier alpha value is -2.94. The smallest absolute Gasteiger partial charge is 0.234 e. The van der Waals surface area contributed by atoms with Crippen LogP contribution in [0.2, 0.25) is 0 Å². The van der Waals surface area contributed by atoms with Crippen LogP contribution in [0.25, 0.3) is 0 Å². The van der Waals surface area contributed by atoms with E-state index < -0.39 is 36.0 Å². The van der Waals surface area contributed by atoms with E-state index in [1.807, 2.05) is 0 Å². The highest BCUT2D eigenvalue weighted by Gasteiger charge is 2.24. The van der Waals surface area contributed by atoms with Crippen molar-refractivity contribution >= 4 is 5.91 Å². The molecule has 3 N–H and O–H groups in total. The van der Waals surface area contributed by atoms with Gasteiger partial charge in [-0.2, -0.15) is 0 Å². The number of carbonyl (C=O) groups is 1. The molecule has 27 heavy (non-hydrogen) atoms. The standard InChI is InChI=1S/C18H17F3N2O4/c1-9(18(22)24)23-6-10-2-3-14(17-16(10)26-8-27-17)25-7-11-4-12(19)5-13(20)15(11)21/h2-5,9,23H,6-8H2,1H3,(H2,22,24). The summed E-state index contributed by atoms with van der Waals surface area (Å²) in [4.78, 5) is 11.1. The van der Waals surface area contributed by atoms with E-state index in [2.05, 4.69) is 5.32 Å². The van der Waals surface area contributed by atoms with Gasteiger partial charge in [0, 0.05) is 23.7 Å². The molecule has 1 heterocycles. The summed E-state index contributed by atoms with van der Waals surface area (Å²) in [5.41, 5.74) is 5.64. The lowest BCUT2D eigenvalue weighted by atomic mass is 10.1. The lowest BCUT2D eigenvalue weighted by Crippen LogP contribution is -2.38. The second kappa shape index (κ2) is 7.75. The number of primary amides is 1. The molecule has 1 unspecified atom stereocenters. The average molecular weight is 382 g/mol. The maximum Gasteiger partial charge on any atom is 0.234 e. The molecule has 0 radical (unpaired) electrons. The largest absolute Gasteiger partial charge is 0.485 e. The van der Waals surface area contributed by atoms with Crippen LogP contribution >= 0.6 is 0 Å². The quantitative estimate of drug-likeness (QED) is 0.719. The molecule has 0 fully saturated rings. The highest BCUT2D eigenvalue weighted by molar-refractivity contribution is 5.79. The molecular weight excluding hydrogens is 365 g/mol. The fourth-order valence-electron chi connectivity index (χ4n) is 2.51. The lowest BCUT2D eigenvalue weighted by molar-refractivity contribution is -0.119. The minimum absolute atomic E-state index is 0.0446. The third kappa shape index (κ3) is 4.08. The third-order valence-electron chi connectivity index (χ3n) is 4.04. The maximum atomic E-state index is 13.7. The fourth-order valence-corrected chi connectivity index (χ4v) is 2.51. The van der Waals surface area contributed by atoms with E-state index in [0.717, 1.165) is 6.07 Å². The Morgan fingerprint density at radius 3 is 2.70 bits per heavy atom. The molecule has 3 rings (SSSR count). The van der Waals surface area contributed by atoms with Crippen molar-refractivity contribution in [2.24, 2.45) is 5.73 Å². The van der Waals surface area contributed by atoms with Crippen molar-refractivity contribution in [2.75, 3.05) is 6.79 Å². The lowest BCUT2D eigenvalue weighted by Gasteiger charge is -2.14. The monoisotopic (exact) mass is 382 g/mol. The molecule has 2 aromatic carbocycles. The Bertz CT molecular complexity index is 876. The third-order valence-corrected chi connectivity index (χ3v) is 4.04. The zero-order valence-electron chi connectivity index (χ0n) is 14.4. The molecule has 1 aliphatic rings. The van der Waals surface area contributed by atoms with Crippen LogP contribution in [0.3, 0.4) is 0 Å². The van der Waals surface area contributed by atoms with Crippen LogP contribution in [-0.4, -0.2) is 18.7 Å². The van der Waals surface area contributed by atoms with Crippen molar-refractivity contribution in [1.82, 2.24) is 5.32 Å². The predicted molar refractivity (Wildman–Crippen MR) is 88.7 cm³/mol. The number of carbonyl (C=O) groups excluding carboxylic acids is 1. The van der Waals surface area contributed by atoms with Gasteiger partial charge in [-0.25, -0.2) is 13.2 Å². The summed E-state index contributed by atoms with van der Waals surface area (Å²) >= 11 is 0. The topological polar surface area (TPSA) is 82.8 Å². The summed E-state index contributed by atoms with van der Waals surface area (Å²) in [5.74, 6) is -2.93. The number of nitrogens with one attached hydrogen (secondary N) is 1. The summed E-state index contributed by atoms with van der Waals surface area (Å²) in [6.45, 7) is 1.48. The first-order valence-electron chi connectivity index (χ1n) is 8.07. The molecule has 1 aliphatic heterocycles. The van der Waals surface area contributed by atoms with Crippen LogP contribution in [0.5, 0.6) is 17.2 Å². The van der Waals surface area contributed by atoms with Crippen LogP contribution in [-0.2, 0) is 17.9 Å². The van der Waals surface area contributed by atoms with E-state index in [0.29, 0.717) is 29.7 Å². The van der Waals surface area contributed by atoms with E-state index in [1.165, 1.54) is 0 Å². The van der Waals surface area contributed by atoms with Gasteiger partial charge in [0.15, 0.2) is 23.1 Å². The number of hydrogen-bond acceptors (Lipinski definition) is 5. The van der Waals surface area contributed by atoms with Gasteiger partial charge < -0.3 is 25.3 Å². The van der Waals surface area contributed by atoms with Crippen molar-refractivity contribution in [1.29, 1.82) is 0 Å². The molecule has 9 heteroatoms. The molecule has 0 aromatic heterocycles. The van der Waals surface area contributed by atoms with Gasteiger partial charge in [0.2, 0.25) is 18.4 Å². The summed E-state index contributed by atoms with van der Waals surface area (Å²) in [5, 5.41) is 2.94. The number of fused-ring (bicyclic) bond motifs is 1. The molecule has 2 aromatic rings. The molecule has 1 amide bonds. The second-order valence-electron chi connectivity index (χ2n) is 5.94. The maximum absolute atomic E-state index is 13.7. The number of benzene rings is 2. The van der Waals surface area contributed by atoms with E-state index >= 15 is 0 Å². The number of nitrogens with two attached hydrogens (primary N) is 1. The molecule has 1 atom stereocenters. The molecular formula is C18H17F3N2O4. The van der Waals surface area contributed by atoms with E-state index in [-0.39, 0.29) is 18.1 Å². The average Bonchev–Trinajstić information content (AvgIpc) is 3.12. The molecule has 0 bridgehead atoms. The Labute approximate surface area is 153 Å². The summed E-state index contributed by atoms with van der Waals surface area (Å²) in [6.07, 6.45) is 0. The number of hydrogen-bond donors (Lipinski definition) is 2. The molecule has 0 aliphatic carbocycles. The van der Waals surface area contributed by atoms with E-state index in [4.69, 9.17) is 19.9 Å². The highest BCUT2D eigenvalue weighted by Crippen LogP contribution is 2.43. The minimum Gasteiger partial charge on any atom is -0.485 e. The summed E-state index contributed by atoms with van der Waals surface area (Å²) < 4.78 is 56.6. The van der Waals surface area contributed by atoms with Gasteiger partial charge in [-0.1, -0.05) is 6.07 Å². The first-order valence-corrected chi connectivity index (χ1v) is 8.07. The zero-order chi connectivity index (χ0) is 19.6. The number of ether oxygens (including phenoxy) is 3. The zero-order valence-corrected chi connectivity index (χ0v) is 14.4. The van der Waals surface area contributed by atoms with Gasteiger partial charge in [0.25, 0.3) is 0 Å². The van der Waals surface area contributed by atoms with Gasteiger partial charge in [0.05, 0.1) is 6.04 Å². The van der Waals surface area contributed by atoms with Crippen molar-refractivity contribution in [3.05, 3.63) is 52.8 Å². The first-order chi connectivity index (χ1) is 12.9. The molecule has 0 saturated carbocycles. The van der Waals surface area contributed by atoms with Gasteiger partial charge >= 0.3 is 0 Å². The van der Waals surface area contributed by atoms with Crippen molar-refractivity contribution in [3.8, 4) is 17.2 Å². The van der Waals surface area contributed by atoms with Crippen molar-refractivity contribution in [2.45, 2.75) is 26.1 Å². The Morgan fingerprint density at radius 2 is 1.96 bits per heavy atom. The number of rotatable bonds is 7. The second-order valence-corrected chi connectivity index (χ2v) is 5.94. The normalized spacial score (nSPS) is 13.5. The highest BCUT2D eigenvalue weighted by atomic mass is 19.2. The number of amides is 1. The Balaban J connectivity index is 1.76. The number of halogens is 3. The van der Waals surface area contributed by atoms with E-state index in [1.54, 1.807) is 19.1 Å². The van der Waals surface area contributed by atoms with Gasteiger partial charge in [-0.3, -0.25) is 4.79 Å². The van der Waals surface area contributed by atoms with Gasteiger partial charge in [-0.15, -0.1) is 0 Å². The molecule has 144 valence electrons. The van der Waals surface area contributed by atoms with E-state index in [9.17, 15) is 18.0 Å². The van der Waals surface area contributed by atoms with Crippen LogP contribution in [0.15, 0.2) is 24.3 Å². The molecule has 0 saturated heterocycles. The molecule has 6 nitrogen and oxygen atoms in total. The fraction of sp³-hybridized carbons (Fsp3) is 0.278. The summed E-state index contributed by atoms with van der Waals surface area (Å²) in [7, 11) is 0. The predicted octanol–water partition coefficient (Wildman–Crippen LogP) is 2.38. The van der Waals surface area contributed by atoms with Crippen molar-refractivity contribution in [3.63, 3.8) is 0 Å². The summed E-state index contributed by atoms with van der Waals surface area (Å²) in [6, 6.07) is 4.02. The van der Waals surface area contributed by atoms with Crippen LogP contribution in [0.4, 0.5) is 13.2 Å². The van der Waals surface area contributed by atoms with Gasteiger partial charge in [-0.05, 0) is 19.1 Å². The van der Waals surface area contributed by atoms with Crippen LogP contribution in [0, 0.1) is 17.5 Å². The minimum atomic E-state index is -1.29. The Kier molecular flexibility index (Phi) is 5.41. The molecule has 0 spiro atoms. The van der Waals surface area contributed by atoms with Gasteiger partial charge in [0.1, 0.15) is 12.4 Å². The van der Waals surface area contributed by atoms with Crippen LogP contribution < -0.4 is 25.3 Å². The Morgan fingerprint density at radius 1 is 1.22 bits per heavy atom. The SMILES string of the molecule is CC(NCc1ccc(OCc2cc(F)cc(F)c2F)c2c1OCO2)C(N)=O. The van der Waals surface area contributed by atoms with Crippen molar-refractivity contribution < 1.29 is 32.2 Å². The first kappa shape index (κ1) is 18.8.